The van der Waals surface area contributed by atoms with Gasteiger partial charge >= 0.3 is 0 Å². The van der Waals surface area contributed by atoms with Gasteiger partial charge in [0.1, 0.15) is 17.8 Å². The molecule has 13 heavy (non-hydrogen) atoms. The summed E-state index contributed by atoms with van der Waals surface area (Å²) in [4.78, 5) is 0. The van der Waals surface area contributed by atoms with Crippen molar-refractivity contribution < 1.29 is 25.5 Å². The van der Waals surface area contributed by atoms with Gasteiger partial charge in [0.2, 0.25) is 0 Å². The van der Waals surface area contributed by atoms with Crippen molar-refractivity contribution in [2.24, 2.45) is 5.73 Å². The fourth-order valence-corrected chi connectivity index (χ4v) is 0.925. The minimum atomic E-state index is -1.93. The molecule has 4 unspecified atom stereocenters. The van der Waals surface area contributed by atoms with E-state index in [2.05, 4.69) is 0 Å². The number of aliphatic hydroxyl groups excluding tert-OH is 4. The molecule has 0 heterocycles. The summed E-state index contributed by atoms with van der Waals surface area (Å²) in [7, 11) is 0. The molecule has 0 radical (unpaired) electrons. The first kappa shape index (κ1) is 12.8. The van der Waals surface area contributed by atoms with Crippen LogP contribution in [0.15, 0.2) is 0 Å². The van der Waals surface area contributed by atoms with Crippen LogP contribution < -0.4 is 5.73 Å². The van der Waals surface area contributed by atoms with Crippen LogP contribution in [-0.4, -0.2) is 62.6 Å². The number of nitrogens with two attached hydrogens (primary N) is 1. The maximum atomic E-state index is 9.50. The van der Waals surface area contributed by atoms with Gasteiger partial charge in [0, 0.05) is 6.54 Å². The molecule has 0 fully saturated rings. The van der Waals surface area contributed by atoms with Gasteiger partial charge in [-0.3, -0.25) is 0 Å². The van der Waals surface area contributed by atoms with Crippen molar-refractivity contribution in [3.63, 3.8) is 0 Å². The normalized spacial score (nSPS) is 23.3. The van der Waals surface area contributed by atoms with E-state index >= 15 is 0 Å². The third-order valence-electron chi connectivity index (χ3n) is 2.05. The van der Waals surface area contributed by atoms with E-state index in [9.17, 15) is 15.3 Å². The van der Waals surface area contributed by atoms with Crippen molar-refractivity contribution in [1.82, 2.24) is 0 Å². The molecule has 0 amide bonds. The Kier molecular flexibility index (Phi) is 4.76. The highest BCUT2D eigenvalue weighted by molar-refractivity contribution is 4.92. The van der Waals surface area contributed by atoms with Gasteiger partial charge in [-0.1, -0.05) is 0 Å². The van der Waals surface area contributed by atoms with Crippen LogP contribution in [-0.2, 0) is 0 Å². The van der Waals surface area contributed by atoms with E-state index in [1.54, 1.807) is 0 Å². The maximum absolute atomic E-state index is 9.50. The van der Waals surface area contributed by atoms with E-state index in [4.69, 9.17) is 15.9 Å². The highest BCUT2D eigenvalue weighted by Gasteiger charge is 2.40. The second-order valence-electron chi connectivity index (χ2n) is 3.17. The first-order valence-electron chi connectivity index (χ1n) is 3.95. The Morgan fingerprint density at radius 1 is 1.31 bits per heavy atom. The fourth-order valence-electron chi connectivity index (χ4n) is 0.925. The quantitative estimate of drug-likeness (QED) is 0.274. The van der Waals surface area contributed by atoms with Gasteiger partial charge in [-0.05, 0) is 6.92 Å². The lowest BCUT2D eigenvalue weighted by Crippen LogP contribution is -2.57. The topological polar surface area (TPSA) is 127 Å². The molecule has 4 atom stereocenters. The summed E-state index contributed by atoms with van der Waals surface area (Å²) in [6.45, 7) is 0.185. The van der Waals surface area contributed by atoms with E-state index in [0.29, 0.717) is 0 Å². The van der Waals surface area contributed by atoms with Gasteiger partial charge in [0.15, 0.2) is 0 Å². The molecule has 0 saturated carbocycles. The summed E-state index contributed by atoms with van der Waals surface area (Å²) >= 11 is 0. The monoisotopic (exact) mass is 195 g/mol. The lowest BCUT2D eigenvalue weighted by Gasteiger charge is -2.34. The molecule has 0 bridgehead atoms. The van der Waals surface area contributed by atoms with Gasteiger partial charge in [0.25, 0.3) is 0 Å². The van der Waals surface area contributed by atoms with Crippen LogP contribution in [0.4, 0.5) is 0 Å². The van der Waals surface area contributed by atoms with Crippen LogP contribution in [0, 0.1) is 0 Å². The average Bonchev–Trinajstić information content (AvgIpc) is 2.13. The van der Waals surface area contributed by atoms with Crippen LogP contribution in [0.3, 0.4) is 0 Å². The van der Waals surface area contributed by atoms with Gasteiger partial charge < -0.3 is 31.3 Å². The Balaban J connectivity index is 4.42. The summed E-state index contributed by atoms with van der Waals surface area (Å²) in [6.07, 6.45) is -4.50. The van der Waals surface area contributed by atoms with Crippen LogP contribution in [0.25, 0.3) is 0 Å². The van der Waals surface area contributed by atoms with E-state index in [1.807, 2.05) is 0 Å². The van der Waals surface area contributed by atoms with Crippen LogP contribution >= 0.6 is 0 Å². The van der Waals surface area contributed by atoms with Gasteiger partial charge in [-0.25, -0.2) is 0 Å². The molecule has 0 aliphatic heterocycles. The zero-order valence-corrected chi connectivity index (χ0v) is 7.46. The molecule has 0 aromatic heterocycles. The van der Waals surface area contributed by atoms with E-state index in [1.165, 1.54) is 0 Å². The molecule has 7 N–H and O–H groups in total. The molecule has 6 heteroatoms. The summed E-state index contributed by atoms with van der Waals surface area (Å²) in [5.74, 6) is 0. The first-order chi connectivity index (χ1) is 5.87. The molecular formula is C7H17NO5. The number of hydrogen-bond donors (Lipinski definition) is 6. The highest BCUT2D eigenvalue weighted by atomic mass is 16.4. The molecular weight excluding hydrogens is 178 g/mol. The van der Waals surface area contributed by atoms with Gasteiger partial charge in [-0.15, -0.1) is 0 Å². The van der Waals surface area contributed by atoms with Crippen LogP contribution in [0.5, 0.6) is 0 Å². The average molecular weight is 195 g/mol. The number of rotatable bonds is 5. The Morgan fingerprint density at radius 3 is 2.08 bits per heavy atom. The zero-order valence-electron chi connectivity index (χ0n) is 7.46. The zero-order chi connectivity index (χ0) is 10.6. The molecule has 0 spiro atoms. The summed E-state index contributed by atoms with van der Waals surface area (Å²) in [5, 5.41) is 45.4. The molecule has 0 aliphatic carbocycles. The number of hydrogen-bond acceptors (Lipinski definition) is 6. The second-order valence-corrected chi connectivity index (χ2v) is 3.17. The molecule has 0 rings (SSSR count). The summed E-state index contributed by atoms with van der Waals surface area (Å²) < 4.78 is 0. The summed E-state index contributed by atoms with van der Waals surface area (Å²) in [5.41, 5.74) is 3.14. The van der Waals surface area contributed by atoms with E-state index in [-0.39, 0.29) is 6.54 Å². The Labute approximate surface area is 76.2 Å². The van der Waals surface area contributed by atoms with Crippen LogP contribution in [0.2, 0.25) is 0 Å². The first-order valence-corrected chi connectivity index (χ1v) is 3.95. The molecule has 0 aliphatic rings. The second kappa shape index (κ2) is 4.85. The van der Waals surface area contributed by atoms with Crippen molar-refractivity contribution in [2.45, 2.75) is 30.8 Å². The third kappa shape index (κ3) is 2.87. The molecule has 0 aromatic carbocycles. The maximum Gasteiger partial charge on any atom is 0.117 e. The lowest BCUT2D eigenvalue weighted by atomic mass is 9.89. The standard InChI is InChI=1S/C7H17NO5/c1-7(13,5(11)2-8)6(12)4(10)3-9/h4-6,9-13H,2-3,8H2,1H3. The largest absolute Gasteiger partial charge is 0.394 e. The predicted octanol–water partition coefficient (Wildman–Crippen LogP) is -3.23. The minimum absolute atomic E-state index is 0.248. The fraction of sp³-hybridized carbons (Fsp3) is 1.00. The van der Waals surface area contributed by atoms with E-state index in [0.717, 1.165) is 6.92 Å². The summed E-state index contributed by atoms with van der Waals surface area (Å²) in [6, 6.07) is 0. The van der Waals surface area contributed by atoms with Crippen LogP contribution in [0.1, 0.15) is 6.92 Å². The predicted molar refractivity (Wildman–Crippen MR) is 44.8 cm³/mol. The van der Waals surface area contributed by atoms with Crippen molar-refractivity contribution in [3.05, 3.63) is 0 Å². The van der Waals surface area contributed by atoms with Crippen molar-refractivity contribution in [1.29, 1.82) is 0 Å². The van der Waals surface area contributed by atoms with Crippen molar-refractivity contribution in [3.8, 4) is 0 Å². The molecule has 6 nitrogen and oxygen atoms in total. The number of aliphatic hydroxyl groups is 5. The third-order valence-corrected chi connectivity index (χ3v) is 2.05. The lowest BCUT2D eigenvalue weighted by molar-refractivity contribution is -0.170. The Bertz CT molecular complexity index is 152. The SMILES string of the molecule is CC(O)(C(O)CN)C(O)C(O)CO. The van der Waals surface area contributed by atoms with Gasteiger partial charge in [0.05, 0.1) is 12.7 Å². The van der Waals surface area contributed by atoms with Crippen molar-refractivity contribution >= 4 is 0 Å². The Hall–Kier alpha value is -0.240. The van der Waals surface area contributed by atoms with Gasteiger partial charge in [-0.2, -0.15) is 0 Å². The Morgan fingerprint density at radius 2 is 1.77 bits per heavy atom. The molecule has 80 valence electrons. The minimum Gasteiger partial charge on any atom is -0.394 e. The van der Waals surface area contributed by atoms with E-state index < -0.39 is 30.5 Å². The molecule has 0 aromatic rings. The highest BCUT2D eigenvalue weighted by Crippen LogP contribution is 2.17. The smallest absolute Gasteiger partial charge is 0.117 e. The van der Waals surface area contributed by atoms with Crippen molar-refractivity contribution in [2.75, 3.05) is 13.2 Å². The molecule has 0 saturated heterocycles.